The molecule has 0 spiro atoms. The fourth-order valence-electron chi connectivity index (χ4n) is 0.935. The van der Waals surface area contributed by atoms with Gasteiger partial charge in [-0.15, -0.1) is 0 Å². The third-order valence-corrected chi connectivity index (χ3v) is 3.40. The monoisotopic (exact) mass is 251 g/mol. The molecule has 0 aliphatic carbocycles. The Morgan fingerprint density at radius 3 is 1.93 bits per heavy atom. The van der Waals surface area contributed by atoms with E-state index >= 15 is 0 Å². The summed E-state index contributed by atoms with van der Waals surface area (Å²) in [6, 6.07) is 2.67. The lowest BCUT2D eigenvalue weighted by Crippen LogP contribution is -2.04. The van der Waals surface area contributed by atoms with Crippen LogP contribution in [-0.2, 0) is 20.2 Å². The lowest BCUT2D eigenvalue weighted by atomic mass is 10.2. The minimum atomic E-state index is -4.55. The Bertz CT molecular complexity index is 584. The largest absolute Gasteiger partial charge is 0.342 e. The fraction of sp³-hybridized carbons (Fsp3) is 0. The Morgan fingerprint density at radius 1 is 1.00 bits per heavy atom. The zero-order chi connectivity index (χ0) is 11.9. The average Bonchev–Trinajstić information content (AvgIpc) is 2.00. The van der Waals surface area contributed by atoms with Gasteiger partial charge in [-0.1, -0.05) is 0 Å². The fourth-order valence-corrected chi connectivity index (χ4v) is 2.19. The summed E-state index contributed by atoms with van der Waals surface area (Å²) in [6.07, 6.45) is 0. The van der Waals surface area contributed by atoms with Crippen LogP contribution in [0.2, 0.25) is 0 Å². The average molecular weight is 251 g/mol. The van der Waals surface area contributed by atoms with Crippen molar-refractivity contribution in [2.24, 2.45) is 0 Å². The van der Waals surface area contributed by atoms with Crippen LogP contribution in [0.15, 0.2) is 28.0 Å². The number of rotatable bonds is 2. The maximum absolute atomic E-state index is 10.8. The molecule has 1 aromatic carbocycles. The van der Waals surface area contributed by atoms with Crippen molar-refractivity contribution in [2.75, 3.05) is 0 Å². The van der Waals surface area contributed by atoms with Gasteiger partial charge < -0.3 is 0 Å². The molecule has 0 heterocycles. The summed E-state index contributed by atoms with van der Waals surface area (Å²) in [5, 5.41) is 0. The molecule has 6 nitrogen and oxygen atoms in total. The predicted molar refractivity (Wildman–Crippen MR) is 50.5 cm³/mol. The molecule has 82 valence electrons. The van der Waals surface area contributed by atoms with Gasteiger partial charge in [0.25, 0.3) is 10.1 Å². The first-order valence-electron chi connectivity index (χ1n) is 3.53. The smallest absolute Gasteiger partial charge is 0.282 e. The van der Waals surface area contributed by atoms with E-state index in [9.17, 15) is 16.8 Å². The van der Waals surface area contributed by atoms with Crippen LogP contribution in [0.25, 0.3) is 0 Å². The molecule has 1 aromatic rings. The Kier molecular flexibility index (Phi) is 2.79. The molecule has 0 unspecified atom stereocenters. The lowest BCUT2D eigenvalue weighted by molar-refractivity contribution is 0.481. The van der Waals surface area contributed by atoms with Crippen LogP contribution in [0.5, 0.6) is 0 Å². The Labute approximate surface area is 87.1 Å². The number of hydrogen-bond acceptors (Lipinski definition) is 4. The predicted octanol–water partition coefficient (Wildman–Crippen LogP) is 0.362. The van der Waals surface area contributed by atoms with Crippen molar-refractivity contribution < 1.29 is 25.9 Å². The van der Waals surface area contributed by atoms with Crippen LogP contribution < -0.4 is 0 Å². The van der Waals surface area contributed by atoms with Gasteiger partial charge in [-0.25, -0.2) is 0 Å². The van der Waals surface area contributed by atoms with Crippen LogP contribution in [0.3, 0.4) is 0 Å². The first-order chi connectivity index (χ1) is 6.62. The summed E-state index contributed by atoms with van der Waals surface area (Å²) in [4.78, 5) is -1.28. The van der Waals surface area contributed by atoms with Gasteiger partial charge in [-0.2, -0.15) is 16.8 Å². The lowest BCUT2D eigenvalue weighted by Gasteiger charge is -1.97. The van der Waals surface area contributed by atoms with Crippen molar-refractivity contribution in [1.82, 2.24) is 0 Å². The van der Waals surface area contributed by atoms with Crippen LogP contribution >= 0.6 is 0 Å². The standard InChI is InChI=1S/C7H6O6S2/c1-5-2-3-6(14(8,9)10)4-7(5)15(11,12)13/h2-4H,1H2,(H-,8,9,10,11,12,13)/p+1. The molecule has 8 heteroatoms. The van der Waals surface area contributed by atoms with Gasteiger partial charge in [0.2, 0.25) is 4.90 Å². The Morgan fingerprint density at radius 2 is 1.53 bits per heavy atom. The molecule has 0 saturated heterocycles. The van der Waals surface area contributed by atoms with Gasteiger partial charge in [0.1, 0.15) is 10.5 Å². The van der Waals surface area contributed by atoms with E-state index in [1.165, 1.54) is 0 Å². The van der Waals surface area contributed by atoms with Crippen molar-refractivity contribution in [3.63, 3.8) is 0 Å². The van der Waals surface area contributed by atoms with Crippen molar-refractivity contribution >= 4 is 20.2 Å². The molecule has 0 bridgehead atoms. The topological polar surface area (TPSA) is 109 Å². The summed E-state index contributed by atoms with van der Waals surface area (Å²) in [5.41, 5.74) is -0.0649. The van der Waals surface area contributed by atoms with E-state index in [1.807, 2.05) is 0 Å². The molecule has 15 heavy (non-hydrogen) atoms. The summed E-state index contributed by atoms with van der Waals surface area (Å²) in [7, 11) is -9.06. The minimum Gasteiger partial charge on any atom is -0.282 e. The second kappa shape index (κ2) is 3.49. The third-order valence-electron chi connectivity index (χ3n) is 1.61. The first kappa shape index (κ1) is 12.0. The molecule has 0 aromatic heterocycles. The highest BCUT2D eigenvalue weighted by molar-refractivity contribution is 7.86. The maximum Gasteiger partial charge on any atom is 0.342 e. The van der Waals surface area contributed by atoms with Gasteiger partial charge in [0.05, 0.1) is 0 Å². The minimum absolute atomic E-state index is 0.0649. The van der Waals surface area contributed by atoms with E-state index in [-0.39, 0.29) is 5.56 Å². The SMILES string of the molecule is [CH2+]c1ccc(S(=O)(=O)O)cc1S(=O)(=O)O. The van der Waals surface area contributed by atoms with Crippen LogP contribution in [0, 0.1) is 6.92 Å². The molecule has 0 fully saturated rings. The molecule has 0 saturated carbocycles. The quantitative estimate of drug-likeness (QED) is 0.580. The zero-order valence-corrected chi connectivity index (χ0v) is 8.92. The highest BCUT2D eigenvalue weighted by Gasteiger charge is 2.24. The molecule has 0 aliphatic heterocycles. The van der Waals surface area contributed by atoms with Crippen molar-refractivity contribution in [3.8, 4) is 0 Å². The molecule has 0 atom stereocenters. The molecule has 1 rings (SSSR count). The van der Waals surface area contributed by atoms with E-state index in [0.717, 1.165) is 12.1 Å². The van der Waals surface area contributed by atoms with Crippen LogP contribution in [0.4, 0.5) is 0 Å². The molecular weight excluding hydrogens is 244 g/mol. The zero-order valence-electron chi connectivity index (χ0n) is 7.28. The number of benzene rings is 1. The summed E-state index contributed by atoms with van der Waals surface area (Å²) in [6.45, 7) is 3.29. The normalized spacial score (nSPS) is 12.7. The highest BCUT2D eigenvalue weighted by atomic mass is 32.2. The van der Waals surface area contributed by atoms with Crippen molar-refractivity contribution in [1.29, 1.82) is 0 Å². The maximum atomic E-state index is 10.8. The summed E-state index contributed by atoms with van der Waals surface area (Å²) in [5.74, 6) is 0. The van der Waals surface area contributed by atoms with E-state index in [2.05, 4.69) is 6.92 Å². The van der Waals surface area contributed by atoms with E-state index in [4.69, 9.17) is 9.11 Å². The Balaban J connectivity index is 3.57. The van der Waals surface area contributed by atoms with Gasteiger partial charge >= 0.3 is 10.1 Å². The number of hydrogen-bond donors (Lipinski definition) is 2. The van der Waals surface area contributed by atoms with E-state index in [0.29, 0.717) is 6.07 Å². The van der Waals surface area contributed by atoms with Gasteiger partial charge in [-0.3, -0.25) is 9.11 Å². The van der Waals surface area contributed by atoms with E-state index in [1.54, 1.807) is 0 Å². The highest BCUT2D eigenvalue weighted by Crippen LogP contribution is 2.19. The molecule has 0 aliphatic rings. The third kappa shape index (κ3) is 2.69. The second-order valence-electron chi connectivity index (χ2n) is 2.72. The van der Waals surface area contributed by atoms with Gasteiger partial charge in [0.15, 0.2) is 0 Å². The summed E-state index contributed by atoms with van der Waals surface area (Å²) < 4.78 is 60.3. The van der Waals surface area contributed by atoms with Crippen LogP contribution in [0.1, 0.15) is 5.56 Å². The molecule has 0 radical (unpaired) electrons. The first-order valence-corrected chi connectivity index (χ1v) is 6.41. The second-order valence-corrected chi connectivity index (χ2v) is 5.53. The molecular formula is C7H7O6S2+. The molecule has 0 amide bonds. The Hall–Kier alpha value is -1.09. The molecule has 2 N–H and O–H groups in total. The van der Waals surface area contributed by atoms with E-state index < -0.39 is 30.0 Å². The van der Waals surface area contributed by atoms with Crippen LogP contribution in [-0.4, -0.2) is 25.9 Å². The van der Waals surface area contributed by atoms with Crippen molar-refractivity contribution in [2.45, 2.75) is 9.79 Å². The van der Waals surface area contributed by atoms with Gasteiger partial charge in [0, 0.05) is 25.1 Å². The van der Waals surface area contributed by atoms with Gasteiger partial charge in [-0.05, 0) is 0 Å². The summed E-state index contributed by atoms with van der Waals surface area (Å²) >= 11 is 0. The van der Waals surface area contributed by atoms with Crippen molar-refractivity contribution in [3.05, 3.63) is 30.7 Å².